The molecule has 0 unspecified atom stereocenters. The maximum absolute atomic E-state index is 12.5. The van der Waals surface area contributed by atoms with Crippen molar-refractivity contribution in [3.63, 3.8) is 0 Å². The van der Waals surface area contributed by atoms with Crippen molar-refractivity contribution in [1.82, 2.24) is 10.2 Å². The fraction of sp³-hybridized carbons (Fsp3) is 0.588. The summed E-state index contributed by atoms with van der Waals surface area (Å²) in [6, 6.07) is 6.67. The van der Waals surface area contributed by atoms with Crippen LogP contribution in [0.2, 0.25) is 0 Å². The zero-order valence-electron chi connectivity index (χ0n) is 13.3. The minimum absolute atomic E-state index is 0.0362. The topological polar surface area (TPSA) is 67.6 Å². The highest BCUT2D eigenvalue weighted by Crippen LogP contribution is 2.32. The van der Waals surface area contributed by atoms with Gasteiger partial charge in [-0.05, 0) is 50.9 Å². The lowest BCUT2D eigenvalue weighted by Crippen LogP contribution is -2.55. The van der Waals surface area contributed by atoms with E-state index in [2.05, 4.69) is 17.3 Å². The van der Waals surface area contributed by atoms with E-state index < -0.39 is 0 Å². The molecule has 2 saturated heterocycles. The van der Waals surface area contributed by atoms with E-state index in [4.69, 9.17) is 10.5 Å². The van der Waals surface area contributed by atoms with E-state index in [1.54, 1.807) is 25.3 Å². The number of hydrogen-bond acceptors (Lipinski definition) is 4. The molecule has 1 aromatic rings. The predicted octanol–water partition coefficient (Wildman–Crippen LogP) is 2.02. The third-order valence-electron chi connectivity index (χ3n) is 5.17. The molecule has 2 aliphatic heterocycles. The highest BCUT2D eigenvalue weighted by Gasteiger charge is 2.36. The van der Waals surface area contributed by atoms with Gasteiger partial charge in [0.05, 0.1) is 12.8 Å². The van der Waals surface area contributed by atoms with E-state index in [1.165, 1.54) is 19.3 Å². The fourth-order valence-electron chi connectivity index (χ4n) is 3.85. The van der Waals surface area contributed by atoms with Crippen molar-refractivity contribution < 1.29 is 9.53 Å². The summed E-state index contributed by atoms with van der Waals surface area (Å²) in [5.74, 6) is 0.513. The fourth-order valence-corrected chi connectivity index (χ4v) is 3.85. The van der Waals surface area contributed by atoms with Crippen LogP contribution in [-0.4, -0.2) is 43.1 Å². The second kappa shape index (κ2) is 6.16. The molecule has 5 nitrogen and oxygen atoms in total. The van der Waals surface area contributed by atoms with Crippen molar-refractivity contribution in [1.29, 1.82) is 0 Å². The highest BCUT2D eigenvalue weighted by molar-refractivity contribution is 5.95. The molecule has 5 heteroatoms. The Kier molecular flexibility index (Phi) is 4.25. The number of piperidine rings is 2. The molecule has 120 valence electrons. The Morgan fingerprint density at radius 2 is 2.00 bits per heavy atom. The summed E-state index contributed by atoms with van der Waals surface area (Å²) < 4.78 is 5.19. The van der Waals surface area contributed by atoms with Crippen LogP contribution in [-0.2, 0) is 0 Å². The minimum atomic E-state index is -0.0362. The molecule has 0 aromatic heterocycles. The molecule has 0 aliphatic carbocycles. The Bertz CT molecular complexity index is 547. The molecular weight excluding hydrogens is 278 g/mol. The first-order valence-electron chi connectivity index (χ1n) is 8.04. The Balaban J connectivity index is 1.67. The van der Waals surface area contributed by atoms with Gasteiger partial charge in [0.25, 0.3) is 5.91 Å². The van der Waals surface area contributed by atoms with Crippen molar-refractivity contribution in [2.24, 2.45) is 0 Å². The van der Waals surface area contributed by atoms with Crippen molar-refractivity contribution in [3.05, 3.63) is 23.8 Å². The van der Waals surface area contributed by atoms with Crippen LogP contribution in [0.4, 0.5) is 5.69 Å². The van der Waals surface area contributed by atoms with Crippen LogP contribution < -0.4 is 15.8 Å². The van der Waals surface area contributed by atoms with Crippen LogP contribution >= 0.6 is 0 Å². The second-order valence-electron chi connectivity index (χ2n) is 6.50. The van der Waals surface area contributed by atoms with Gasteiger partial charge in [0.15, 0.2) is 0 Å². The number of nitrogen functional groups attached to an aromatic ring is 1. The SMILES string of the molecule is COc1cc(C(=O)N[C@H]2C[C@H]3CCC[C@@H](C2)N3C)ccc1N. The normalized spacial score (nSPS) is 28.2. The molecular formula is C17H25N3O2. The maximum atomic E-state index is 12.5. The zero-order valence-corrected chi connectivity index (χ0v) is 13.3. The lowest BCUT2D eigenvalue weighted by Gasteiger charge is -2.47. The first kappa shape index (κ1) is 15.2. The van der Waals surface area contributed by atoms with Gasteiger partial charge in [-0.15, -0.1) is 0 Å². The number of nitrogens with one attached hydrogen (secondary N) is 1. The average Bonchev–Trinajstić information content (AvgIpc) is 2.48. The number of fused-ring (bicyclic) bond motifs is 2. The molecule has 0 spiro atoms. The Morgan fingerprint density at radius 3 is 2.64 bits per heavy atom. The van der Waals surface area contributed by atoms with E-state index in [0.29, 0.717) is 29.1 Å². The molecule has 3 atom stereocenters. The van der Waals surface area contributed by atoms with Gasteiger partial charge in [-0.3, -0.25) is 4.79 Å². The molecule has 2 bridgehead atoms. The summed E-state index contributed by atoms with van der Waals surface area (Å²) in [7, 11) is 3.78. The summed E-state index contributed by atoms with van der Waals surface area (Å²) in [6.45, 7) is 0. The Hall–Kier alpha value is -1.75. The number of nitrogens with zero attached hydrogens (tertiary/aromatic N) is 1. The molecule has 0 radical (unpaired) electrons. The van der Waals surface area contributed by atoms with Crippen molar-refractivity contribution in [2.75, 3.05) is 19.9 Å². The molecule has 2 aliphatic rings. The number of hydrogen-bond donors (Lipinski definition) is 2. The lowest BCUT2D eigenvalue weighted by molar-refractivity contribution is 0.0463. The number of rotatable bonds is 3. The third-order valence-corrected chi connectivity index (χ3v) is 5.17. The van der Waals surface area contributed by atoms with Crippen LogP contribution in [0.25, 0.3) is 0 Å². The van der Waals surface area contributed by atoms with Crippen LogP contribution in [0, 0.1) is 0 Å². The molecule has 22 heavy (non-hydrogen) atoms. The van der Waals surface area contributed by atoms with Gasteiger partial charge in [0, 0.05) is 23.7 Å². The lowest BCUT2D eigenvalue weighted by atomic mass is 9.82. The van der Waals surface area contributed by atoms with Gasteiger partial charge >= 0.3 is 0 Å². The number of amides is 1. The van der Waals surface area contributed by atoms with Crippen molar-refractivity contribution >= 4 is 11.6 Å². The molecule has 2 fully saturated rings. The molecule has 1 amide bonds. The largest absolute Gasteiger partial charge is 0.495 e. The van der Waals surface area contributed by atoms with Crippen molar-refractivity contribution in [2.45, 2.75) is 50.2 Å². The quantitative estimate of drug-likeness (QED) is 0.838. The monoisotopic (exact) mass is 303 g/mol. The van der Waals surface area contributed by atoms with E-state index >= 15 is 0 Å². The average molecular weight is 303 g/mol. The number of ether oxygens (including phenoxy) is 1. The summed E-state index contributed by atoms with van der Waals surface area (Å²) in [4.78, 5) is 15.0. The number of carbonyl (C=O) groups excluding carboxylic acids is 1. The minimum Gasteiger partial charge on any atom is -0.495 e. The molecule has 3 N–H and O–H groups in total. The van der Waals surface area contributed by atoms with E-state index in [0.717, 1.165) is 12.8 Å². The van der Waals surface area contributed by atoms with Crippen LogP contribution in [0.15, 0.2) is 18.2 Å². The van der Waals surface area contributed by atoms with Crippen LogP contribution in [0.5, 0.6) is 5.75 Å². The number of nitrogens with two attached hydrogens (primary N) is 1. The van der Waals surface area contributed by atoms with E-state index in [-0.39, 0.29) is 11.9 Å². The molecule has 3 rings (SSSR count). The summed E-state index contributed by atoms with van der Waals surface area (Å²) in [5, 5.41) is 3.19. The first-order chi connectivity index (χ1) is 10.6. The predicted molar refractivity (Wildman–Crippen MR) is 87.1 cm³/mol. The molecule has 2 heterocycles. The van der Waals surface area contributed by atoms with Crippen LogP contribution in [0.3, 0.4) is 0 Å². The summed E-state index contributed by atoms with van der Waals surface area (Å²) in [6.07, 6.45) is 5.90. The van der Waals surface area contributed by atoms with Gasteiger partial charge in [-0.25, -0.2) is 0 Å². The third kappa shape index (κ3) is 2.90. The molecule has 0 saturated carbocycles. The standard InChI is InChI=1S/C17H25N3O2/c1-20-13-4-3-5-14(20)10-12(9-13)19-17(21)11-6-7-15(18)16(8-11)22-2/h6-8,12-14H,3-5,9-10,18H2,1-2H3,(H,19,21)/t12-,13+,14-. The van der Waals surface area contributed by atoms with E-state index in [9.17, 15) is 4.79 Å². The maximum Gasteiger partial charge on any atom is 0.251 e. The van der Waals surface area contributed by atoms with E-state index in [1.807, 2.05) is 0 Å². The first-order valence-corrected chi connectivity index (χ1v) is 8.04. The Labute approximate surface area is 131 Å². The van der Waals surface area contributed by atoms with Gasteiger partial charge in [0.2, 0.25) is 0 Å². The van der Waals surface area contributed by atoms with Gasteiger partial charge in [0.1, 0.15) is 5.75 Å². The van der Waals surface area contributed by atoms with Crippen LogP contribution in [0.1, 0.15) is 42.5 Å². The van der Waals surface area contributed by atoms with Gasteiger partial charge in [-0.2, -0.15) is 0 Å². The zero-order chi connectivity index (χ0) is 15.7. The van der Waals surface area contributed by atoms with Crippen molar-refractivity contribution in [3.8, 4) is 5.75 Å². The highest BCUT2D eigenvalue weighted by atomic mass is 16.5. The summed E-state index contributed by atoms with van der Waals surface area (Å²) in [5.41, 5.74) is 6.95. The molecule has 1 aromatic carbocycles. The Morgan fingerprint density at radius 1 is 1.32 bits per heavy atom. The number of carbonyl (C=O) groups is 1. The number of anilines is 1. The second-order valence-corrected chi connectivity index (χ2v) is 6.50. The summed E-state index contributed by atoms with van der Waals surface area (Å²) >= 11 is 0. The van der Waals surface area contributed by atoms with Gasteiger partial charge < -0.3 is 20.7 Å². The number of methoxy groups -OCH3 is 1. The number of benzene rings is 1. The smallest absolute Gasteiger partial charge is 0.251 e. The van der Waals surface area contributed by atoms with Gasteiger partial charge in [-0.1, -0.05) is 6.42 Å².